The molecule has 0 aliphatic heterocycles. The standard InChI is InChI=1S/C6H18N3O4S2/c1-8(2,3)14(10,11)7-15(12,13)9(4,5)6/h1-6H3/q+1. The molecule has 0 fully saturated rings. The SMILES string of the molecule is C[N+](C)(C)S(=O)(=O)[N-]S(=O)(=O)[N+](C)(C)C. The van der Waals surface area contributed by atoms with Crippen LogP contribution in [0.2, 0.25) is 0 Å². The van der Waals surface area contributed by atoms with Gasteiger partial charge in [0, 0.05) is 0 Å². The molecule has 0 saturated heterocycles. The molecule has 0 heterocycles. The minimum absolute atomic E-state index is 0.563. The lowest BCUT2D eigenvalue weighted by Crippen LogP contribution is -2.46. The molecule has 0 aromatic heterocycles. The summed E-state index contributed by atoms with van der Waals surface area (Å²) in [7, 11) is -0.135. The molecule has 0 aliphatic carbocycles. The third-order valence-electron chi connectivity index (χ3n) is 1.57. The summed E-state index contributed by atoms with van der Waals surface area (Å²) in [6.07, 6.45) is 0. The van der Waals surface area contributed by atoms with E-state index in [9.17, 15) is 16.8 Å². The Kier molecular flexibility index (Phi) is 3.61. The number of rotatable bonds is 4. The Morgan fingerprint density at radius 2 is 0.867 bits per heavy atom. The van der Waals surface area contributed by atoms with Gasteiger partial charge in [-0.25, -0.2) is 7.78 Å². The Hall–Kier alpha value is -0.220. The van der Waals surface area contributed by atoms with E-state index in [4.69, 9.17) is 0 Å². The van der Waals surface area contributed by atoms with Crippen molar-refractivity contribution in [2.24, 2.45) is 0 Å². The minimum Gasteiger partial charge on any atom is -0.336 e. The maximum atomic E-state index is 11.5. The van der Waals surface area contributed by atoms with Crippen molar-refractivity contribution < 1.29 is 24.6 Å². The summed E-state index contributed by atoms with van der Waals surface area (Å²) in [5.41, 5.74) is 0. The fourth-order valence-corrected chi connectivity index (χ4v) is 2.87. The summed E-state index contributed by atoms with van der Waals surface area (Å²) in [5, 5.41) is 0. The van der Waals surface area contributed by atoms with Crippen molar-refractivity contribution in [2.75, 3.05) is 42.3 Å². The molecular formula is C6H18N3O4S2+. The van der Waals surface area contributed by atoms with E-state index < -0.39 is 28.2 Å². The van der Waals surface area contributed by atoms with E-state index >= 15 is 0 Å². The maximum absolute atomic E-state index is 11.5. The second-order valence-corrected chi connectivity index (χ2v) is 9.33. The van der Waals surface area contributed by atoms with Gasteiger partial charge in [-0.15, -0.1) is 0 Å². The van der Waals surface area contributed by atoms with E-state index in [1.807, 2.05) is 0 Å². The predicted molar refractivity (Wildman–Crippen MR) is 57.3 cm³/mol. The first kappa shape index (κ1) is 14.8. The van der Waals surface area contributed by atoms with Crippen molar-refractivity contribution in [3.8, 4) is 0 Å². The van der Waals surface area contributed by atoms with Crippen molar-refractivity contribution in [1.82, 2.24) is 0 Å². The highest BCUT2D eigenvalue weighted by Crippen LogP contribution is 2.21. The predicted octanol–water partition coefficient (Wildman–Crippen LogP) is -0.738. The molecule has 0 rings (SSSR count). The Labute approximate surface area is 91.8 Å². The van der Waals surface area contributed by atoms with E-state index in [0.29, 0.717) is 0 Å². The first-order valence-corrected chi connectivity index (χ1v) is 6.87. The van der Waals surface area contributed by atoms with Crippen LogP contribution in [0.4, 0.5) is 0 Å². The van der Waals surface area contributed by atoms with Crippen LogP contribution in [-0.4, -0.2) is 66.9 Å². The molecule has 0 aromatic carbocycles. The average Bonchev–Trinajstić information content (AvgIpc) is 1.77. The molecule has 92 valence electrons. The zero-order valence-corrected chi connectivity index (χ0v) is 11.4. The molecule has 0 atom stereocenters. The fourth-order valence-electron chi connectivity index (χ4n) is 0.319. The van der Waals surface area contributed by atoms with Gasteiger partial charge >= 0.3 is 0 Å². The largest absolute Gasteiger partial charge is 0.336 e. The normalized spacial score (nSPS) is 15.3. The molecule has 7 nitrogen and oxygen atoms in total. The van der Waals surface area contributed by atoms with Gasteiger partial charge in [-0.2, -0.15) is 16.8 Å². The topological polar surface area (TPSA) is 82.4 Å². The van der Waals surface area contributed by atoms with Gasteiger partial charge in [-0.05, 0) is 0 Å². The van der Waals surface area contributed by atoms with Crippen molar-refractivity contribution in [3.05, 3.63) is 4.13 Å². The maximum Gasteiger partial charge on any atom is 0.238 e. The van der Waals surface area contributed by atoms with Crippen LogP contribution in [0.5, 0.6) is 0 Å². The van der Waals surface area contributed by atoms with E-state index in [2.05, 4.69) is 4.13 Å². The van der Waals surface area contributed by atoms with Crippen LogP contribution >= 0.6 is 0 Å². The van der Waals surface area contributed by atoms with Gasteiger partial charge in [-0.3, -0.25) is 0 Å². The van der Waals surface area contributed by atoms with E-state index in [1.165, 1.54) is 42.3 Å². The van der Waals surface area contributed by atoms with Crippen molar-refractivity contribution >= 4 is 20.4 Å². The molecule has 0 aliphatic rings. The van der Waals surface area contributed by atoms with Gasteiger partial charge in [0.05, 0.1) is 42.3 Å². The van der Waals surface area contributed by atoms with Crippen molar-refractivity contribution in [1.29, 1.82) is 0 Å². The fraction of sp³-hybridized carbons (Fsp3) is 1.00. The van der Waals surface area contributed by atoms with Gasteiger partial charge in [0.1, 0.15) is 0 Å². The van der Waals surface area contributed by atoms with E-state index in [0.717, 1.165) is 0 Å². The number of hydrogen-bond donors (Lipinski definition) is 0. The number of quaternary nitrogens is 2. The summed E-state index contributed by atoms with van der Waals surface area (Å²) in [4.78, 5) is 0. The van der Waals surface area contributed by atoms with Crippen molar-refractivity contribution in [2.45, 2.75) is 0 Å². The van der Waals surface area contributed by atoms with Gasteiger partial charge in [0.2, 0.25) is 20.4 Å². The third-order valence-corrected chi connectivity index (χ3v) is 5.85. The Bertz CT molecular complexity index is 382. The number of nitrogens with zero attached hydrogens (tertiary/aromatic N) is 3. The lowest BCUT2D eigenvalue weighted by molar-refractivity contribution is -0.741. The van der Waals surface area contributed by atoms with Crippen LogP contribution in [-0.2, 0) is 20.4 Å². The molecular weight excluding hydrogens is 242 g/mol. The second-order valence-electron chi connectivity index (χ2n) is 4.75. The van der Waals surface area contributed by atoms with Crippen LogP contribution in [0.1, 0.15) is 0 Å². The highest BCUT2D eigenvalue weighted by molar-refractivity contribution is 8.07. The highest BCUT2D eigenvalue weighted by atomic mass is 32.3. The zero-order chi connectivity index (χ0) is 12.7. The van der Waals surface area contributed by atoms with Gasteiger partial charge < -0.3 is 4.13 Å². The number of hydrogen-bond acceptors (Lipinski definition) is 4. The van der Waals surface area contributed by atoms with Crippen LogP contribution in [0, 0.1) is 0 Å². The summed E-state index contributed by atoms with van der Waals surface area (Å²) in [6.45, 7) is 0. The molecule has 0 aromatic rings. The minimum atomic E-state index is -4.08. The average molecular weight is 260 g/mol. The van der Waals surface area contributed by atoms with Gasteiger partial charge in [0.15, 0.2) is 0 Å². The summed E-state index contributed by atoms with van der Waals surface area (Å²) < 4.78 is 48.0. The zero-order valence-electron chi connectivity index (χ0n) is 9.79. The smallest absolute Gasteiger partial charge is 0.238 e. The molecule has 0 saturated carbocycles. The van der Waals surface area contributed by atoms with Crippen LogP contribution in [0.3, 0.4) is 0 Å². The summed E-state index contributed by atoms with van der Waals surface area (Å²) in [5.74, 6) is 0. The Balaban J connectivity index is 5.28. The van der Waals surface area contributed by atoms with Crippen LogP contribution in [0.15, 0.2) is 0 Å². The van der Waals surface area contributed by atoms with Gasteiger partial charge in [-0.1, -0.05) is 0 Å². The quantitative estimate of drug-likeness (QED) is 0.623. The van der Waals surface area contributed by atoms with E-state index in [-0.39, 0.29) is 0 Å². The Morgan fingerprint density at radius 1 is 0.667 bits per heavy atom. The molecule has 0 radical (unpaired) electrons. The molecule has 0 N–H and O–H groups in total. The summed E-state index contributed by atoms with van der Waals surface area (Å²) in [6, 6.07) is 0. The van der Waals surface area contributed by atoms with Crippen LogP contribution < -0.4 is 0 Å². The lowest BCUT2D eigenvalue weighted by Gasteiger charge is -2.35. The molecule has 0 spiro atoms. The lowest BCUT2D eigenvalue weighted by atomic mass is 11.0. The molecule has 0 unspecified atom stereocenters. The van der Waals surface area contributed by atoms with Gasteiger partial charge in [0.25, 0.3) is 0 Å². The summed E-state index contributed by atoms with van der Waals surface area (Å²) >= 11 is 0. The first-order chi connectivity index (χ1) is 6.21. The van der Waals surface area contributed by atoms with Crippen molar-refractivity contribution in [3.63, 3.8) is 0 Å². The first-order valence-electron chi connectivity index (χ1n) is 4.08. The molecule has 9 heteroatoms. The molecule has 0 bridgehead atoms. The second kappa shape index (κ2) is 3.67. The molecule has 15 heavy (non-hydrogen) atoms. The third kappa shape index (κ3) is 3.38. The van der Waals surface area contributed by atoms with E-state index in [1.54, 1.807) is 0 Å². The van der Waals surface area contributed by atoms with Crippen LogP contribution in [0.25, 0.3) is 4.13 Å². The Morgan fingerprint density at radius 3 is 1.00 bits per heavy atom. The monoisotopic (exact) mass is 260 g/mol. The highest BCUT2D eigenvalue weighted by Gasteiger charge is 2.29. The molecule has 0 amide bonds.